The van der Waals surface area contributed by atoms with E-state index in [1.807, 2.05) is 12.1 Å². The lowest BCUT2D eigenvalue weighted by molar-refractivity contribution is 0.603. The number of thiophene rings is 1. The Morgan fingerprint density at radius 3 is 2.90 bits per heavy atom. The first kappa shape index (κ1) is 13.9. The molecule has 0 bridgehead atoms. The second-order valence-electron chi connectivity index (χ2n) is 4.56. The van der Waals surface area contributed by atoms with Crippen molar-refractivity contribution < 1.29 is 8.42 Å². The van der Waals surface area contributed by atoms with Crippen molar-refractivity contribution in [2.45, 2.75) is 17.1 Å². The fraction of sp³-hybridized carbons (Fsp3) is 0.231. The first-order valence-corrected chi connectivity index (χ1v) is 9.34. The third-order valence-corrected chi connectivity index (χ3v) is 7.18. The van der Waals surface area contributed by atoms with Crippen LogP contribution in [0.5, 0.6) is 0 Å². The molecule has 0 aliphatic carbocycles. The number of aryl methyl sites for hydroxylation is 1. The summed E-state index contributed by atoms with van der Waals surface area (Å²) in [6.07, 6.45) is 2.04. The van der Waals surface area contributed by atoms with Crippen molar-refractivity contribution in [2.24, 2.45) is 0 Å². The van der Waals surface area contributed by atoms with Gasteiger partial charge in [0.25, 0.3) is 10.0 Å². The number of hydrogen-bond acceptors (Lipinski definition) is 4. The molecule has 1 aromatic carbocycles. The molecule has 2 aromatic rings. The van der Waals surface area contributed by atoms with Crippen LogP contribution in [0.4, 0.5) is 11.4 Å². The molecule has 0 unspecified atom stereocenters. The second-order valence-corrected chi connectivity index (χ2v) is 8.21. The summed E-state index contributed by atoms with van der Waals surface area (Å²) in [6.45, 7) is 0.972. The van der Waals surface area contributed by atoms with Crippen molar-refractivity contribution in [2.75, 3.05) is 16.6 Å². The van der Waals surface area contributed by atoms with Crippen LogP contribution in [0.1, 0.15) is 12.0 Å². The Hall–Kier alpha value is -1.05. The summed E-state index contributed by atoms with van der Waals surface area (Å²) in [5.74, 6) is 0. The number of anilines is 2. The van der Waals surface area contributed by atoms with Crippen LogP contribution >= 0.6 is 27.3 Å². The second kappa shape index (κ2) is 5.38. The molecule has 0 amide bonds. The Labute approximate surface area is 130 Å². The molecule has 0 spiro atoms. The van der Waals surface area contributed by atoms with E-state index in [0.29, 0.717) is 14.4 Å². The van der Waals surface area contributed by atoms with Gasteiger partial charge < -0.3 is 5.32 Å². The zero-order chi connectivity index (χ0) is 14.2. The van der Waals surface area contributed by atoms with Crippen molar-refractivity contribution in [3.63, 3.8) is 0 Å². The molecule has 0 atom stereocenters. The largest absolute Gasteiger partial charge is 0.385 e. The lowest BCUT2D eigenvalue weighted by Gasteiger charge is -2.19. The minimum atomic E-state index is -3.53. The van der Waals surface area contributed by atoms with Gasteiger partial charge in [0.15, 0.2) is 4.21 Å². The van der Waals surface area contributed by atoms with E-state index in [4.69, 9.17) is 0 Å². The number of sulfonamides is 1. The molecule has 0 saturated heterocycles. The monoisotopic (exact) mass is 372 g/mol. The third-order valence-electron chi connectivity index (χ3n) is 3.12. The van der Waals surface area contributed by atoms with E-state index in [9.17, 15) is 8.42 Å². The quantitative estimate of drug-likeness (QED) is 0.863. The van der Waals surface area contributed by atoms with Gasteiger partial charge in [-0.05, 0) is 64.0 Å². The molecule has 1 aromatic heterocycles. The molecule has 1 aliphatic heterocycles. The summed E-state index contributed by atoms with van der Waals surface area (Å²) in [7, 11) is -3.53. The zero-order valence-corrected chi connectivity index (χ0v) is 13.7. The van der Waals surface area contributed by atoms with E-state index in [1.165, 1.54) is 11.3 Å². The highest BCUT2D eigenvalue weighted by molar-refractivity contribution is 9.10. The summed E-state index contributed by atoms with van der Waals surface area (Å²) < 4.78 is 28.1. The molecular formula is C13H13BrN2O2S2. The van der Waals surface area contributed by atoms with E-state index in [2.05, 4.69) is 26.0 Å². The number of fused-ring (bicyclic) bond motifs is 1. The zero-order valence-electron chi connectivity index (χ0n) is 10.5. The van der Waals surface area contributed by atoms with E-state index >= 15 is 0 Å². The Morgan fingerprint density at radius 1 is 1.30 bits per heavy atom. The van der Waals surface area contributed by atoms with Crippen LogP contribution in [0.2, 0.25) is 0 Å². The summed E-state index contributed by atoms with van der Waals surface area (Å²) >= 11 is 4.45. The van der Waals surface area contributed by atoms with Gasteiger partial charge in [-0.3, -0.25) is 4.72 Å². The van der Waals surface area contributed by atoms with Crippen LogP contribution in [0.3, 0.4) is 0 Å². The minimum absolute atomic E-state index is 0.299. The van der Waals surface area contributed by atoms with Gasteiger partial charge in [0.1, 0.15) is 0 Å². The van der Waals surface area contributed by atoms with E-state index in [1.54, 1.807) is 17.5 Å². The number of halogens is 1. The minimum Gasteiger partial charge on any atom is -0.385 e. The fourth-order valence-corrected chi connectivity index (χ4v) is 5.60. The maximum atomic E-state index is 12.3. The number of nitrogens with one attached hydrogen (secondary N) is 2. The lowest BCUT2D eigenvalue weighted by Crippen LogP contribution is -2.14. The maximum absolute atomic E-state index is 12.3. The smallest absolute Gasteiger partial charge is 0.272 e. The van der Waals surface area contributed by atoms with Crippen LogP contribution < -0.4 is 10.0 Å². The molecule has 3 rings (SSSR count). The molecule has 0 fully saturated rings. The first-order chi connectivity index (χ1) is 9.56. The van der Waals surface area contributed by atoms with Crippen LogP contribution in [0.25, 0.3) is 0 Å². The van der Waals surface area contributed by atoms with Gasteiger partial charge in [-0.25, -0.2) is 8.42 Å². The predicted octanol–water partition coefficient (Wildman–Crippen LogP) is 3.67. The Kier molecular flexibility index (Phi) is 3.74. The molecular weight excluding hydrogens is 360 g/mol. The summed E-state index contributed by atoms with van der Waals surface area (Å²) in [5, 5.41) is 5.05. The molecule has 0 saturated carbocycles. The SMILES string of the molecule is O=S(=O)(Nc1ccc2c(c1)CCCN2)c1sccc1Br. The highest BCUT2D eigenvalue weighted by atomic mass is 79.9. The summed E-state index contributed by atoms with van der Waals surface area (Å²) in [5.41, 5.74) is 2.85. The van der Waals surface area contributed by atoms with Gasteiger partial charge in [0.2, 0.25) is 0 Å². The van der Waals surface area contributed by atoms with Gasteiger partial charge in [-0.1, -0.05) is 0 Å². The topological polar surface area (TPSA) is 58.2 Å². The van der Waals surface area contributed by atoms with Gasteiger partial charge in [-0.2, -0.15) is 0 Å². The van der Waals surface area contributed by atoms with Gasteiger partial charge in [0.05, 0.1) is 0 Å². The molecule has 4 nitrogen and oxygen atoms in total. The van der Waals surface area contributed by atoms with Gasteiger partial charge >= 0.3 is 0 Å². The molecule has 2 N–H and O–H groups in total. The van der Waals surface area contributed by atoms with Crippen molar-refractivity contribution >= 4 is 48.7 Å². The van der Waals surface area contributed by atoms with Gasteiger partial charge in [0, 0.05) is 22.4 Å². The van der Waals surface area contributed by atoms with Crippen LogP contribution in [0, 0.1) is 0 Å². The number of hydrogen-bond donors (Lipinski definition) is 2. The fourth-order valence-electron chi connectivity index (χ4n) is 2.21. The van der Waals surface area contributed by atoms with Crippen molar-refractivity contribution in [3.05, 3.63) is 39.7 Å². The highest BCUT2D eigenvalue weighted by Crippen LogP contribution is 2.31. The van der Waals surface area contributed by atoms with Crippen LogP contribution in [-0.2, 0) is 16.4 Å². The Balaban J connectivity index is 1.90. The van der Waals surface area contributed by atoms with Crippen molar-refractivity contribution in [3.8, 4) is 0 Å². The average Bonchev–Trinajstić information content (AvgIpc) is 2.85. The summed E-state index contributed by atoms with van der Waals surface area (Å²) in [4.78, 5) is 0. The maximum Gasteiger partial charge on any atom is 0.272 e. The molecule has 2 heterocycles. The van der Waals surface area contributed by atoms with Crippen molar-refractivity contribution in [1.82, 2.24) is 0 Å². The molecule has 7 heteroatoms. The Bertz CT molecular complexity index is 741. The van der Waals surface area contributed by atoms with Crippen molar-refractivity contribution in [1.29, 1.82) is 0 Å². The van der Waals surface area contributed by atoms with E-state index in [-0.39, 0.29) is 0 Å². The van der Waals surface area contributed by atoms with E-state index < -0.39 is 10.0 Å². The van der Waals surface area contributed by atoms with Crippen LogP contribution in [-0.4, -0.2) is 15.0 Å². The molecule has 20 heavy (non-hydrogen) atoms. The molecule has 106 valence electrons. The Morgan fingerprint density at radius 2 is 2.15 bits per heavy atom. The number of rotatable bonds is 3. The highest BCUT2D eigenvalue weighted by Gasteiger charge is 2.20. The van der Waals surface area contributed by atoms with E-state index in [0.717, 1.165) is 30.6 Å². The summed E-state index contributed by atoms with van der Waals surface area (Å²) in [6, 6.07) is 7.35. The van der Waals surface area contributed by atoms with Crippen LogP contribution in [0.15, 0.2) is 38.3 Å². The molecule has 1 aliphatic rings. The van der Waals surface area contributed by atoms with Gasteiger partial charge in [-0.15, -0.1) is 11.3 Å². The lowest BCUT2D eigenvalue weighted by atomic mass is 10.0. The first-order valence-electron chi connectivity index (χ1n) is 6.19. The predicted molar refractivity (Wildman–Crippen MR) is 86.1 cm³/mol. The molecule has 0 radical (unpaired) electrons. The standard InChI is InChI=1S/C13H13BrN2O2S2/c14-11-5-7-19-13(11)20(17,18)16-10-3-4-12-9(8-10)2-1-6-15-12/h3-5,7-8,15-16H,1-2,6H2. The third kappa shape index (κ3) is 2.70. The average molecular weight is 373 g/mol. The number of benzene rings is 1. The normalized spacial score (nSPS) is 14.4.